The van der Waals surface area contributed by atoms with E-state index in [2.05, 4.69) is 6.92 Å². The molecule has 0 spiro atoms. The van der Waals surface area contributed by atoms with Gasteiger partial charge < -0.3 is 0 Å². The summed E-state index contributed by atoms with van der Waals surface area (Å²) in [6.07, 6.45) is 4.40. The minimum atomic E-state index is 0.407. The molecule has 0 aromatic rings. The number of carbonyl (C=O) groups excluding carboxylic acids is 1. The van der Waals surface area contributed by atoms with Gasteiger partial charge in [-0.15, -0.1) is 0 Å². The molecule has 0 bridgehead atoms. The third-order valence-electron chi connectivity index (χ3n) is 2.62. The van der Waals surface area contributed by atoms with E-state index in [-0.39, 0.29) is 0 Å². The number of hydrogen-bond acceptors (Lipinski definition) is 1. The fourth-order valence-corrected chi connectivity index (χ4v) is 1.89. The second-order valence-corrected chi connectivity index (χ2v) is 3.33. The highest BCUT2D eigenvalue weighted by Crippen LogP contribution is 2.32. The topological polar surface area (TPSA) is 17.1 Å². The molecule has 1 nitrogen and oxygen atoms in total. The second kappa shape index (κ2) is 3.18. The van der Waals surface area contributed by atoms with Crippen LogP contribution in [0.1, 0.15) is 39.5 Å². The Morgan fingerprint density at radius 3 is 2.60 bits per heavy atom. The predicted molar refractivity (Wildman–Crippen MR) is 41.8 cm³/mol. The Hall–Kier alpha value is -0.330. The van der Waals surface area contributed by atoms with Crippen LogP contribution in [0.5, 0.6) is 0 Å². The molecule has 1 aliphatic rings. The van der Waals surface area contributed by atoms with Crippen molar-refractivity contribution < 1.29 is 4.79 Å². The standard InChI is InChI=1S/C9H16O/c1-3-9(10)8-6-4-5-7(8)2/h7-8H,3-6H2,1-2H3. The lowest BCUT2D eigenvalue weighted by Crippen LogP contribution is -2.15. The largest absolute Gasteiger partial charge is 0.299 e. The maximum absolute atomic E-state index is 11.2. The van der Waals surface area contributed by atoms with Crippen molar-refractivity contribution >= 4 is 5.78 Å². The third kappa shape index (κ3) is 1.39. The Morgan fingerprint density at radius 1 is 1.50 bits per heavy atom. The molecule has 0 aromatic heterocycles. The molecule has 0 heterocycles. The molecule has 1 saturated carbocycles. The Balaban J connectivity index is 2.46. The van der Waals surface area contributed by atoms with Crippen LogP contribution in [0.2, 0.25) is 0 Å². The van der Waals surface area contributed by atoms with Crippen LogP contribution in [0.4, 0.5) is 0 Å². The average Bonchev–Trinajstić information content (AvgIpc) is 2.34. The summed E-state index contributed by atoms with van der Waals surface area (Å²) in [5, 5.41) is 0. The molecule has 0 saturated heterocycles. The van der Waals surface area contributed by atoms with Crippen molar-refractivity contribution in [2.75, 3.05) is 0 Å². The van der Waals surface area contributed by atoms with Crippen LogP contribution in [-0.2, 0) is 4.79 Å². The van der Waals surface area contributed by atoms with Crippen molar-refractivity contribution in [2.45, 2.75) is 39.5 Å². The van der Waals surface area contributed by atoms with Crippen molar-refractivity contribution in [1.82, 2.24) is 0 Å². The van der Waals surface area contributed by atoms with E-state index < -0.39 is 0 Å². The molecule has 2 atom stereocenters. The normalized spacial score (nSPS) is 32.6. The van der Waals surface area contributed by atoms with Crippen LogP contribution in [0, 0.1) is 11.8 Å². The molecule has 1 rings (SSSR count). The number of hydrogen-bond donors (Lipinski definition) is 0. The summed E-state index contributed by atoms with van der Waals surface area (Å²) in [5.41, 5.74) is 0. The van der Waals surface area contributed by atoms with Crippen LogP contribution in [0.25, 0.3) is 0 Å². The lowest BCUT2D eigenvalue weighted by Gasteiger charge is -2.11. The van der Waals surface area contributed by atoms with Gasteiger partial charge in [0.2, 0.25) is 0 Å². The molecule has 0 amide bonds. The molecule has 1 aliphatic carbocycles. The van der Waals surface area contributed by atoms with Crippen LogP contribution >= 0.6 is 0 Å². The van der Waals surface area contributed by atoms with Gasteiger partial charge in [0.25, 0.3) is 0 Å². The van der Waals surface area contributed by atoms with Crippen LogP contribution < -0.4 is 0 Å². The highest BCUT2D eigenvalue weighted by Gasteiger charge is 2.27. The Kier molecular flexibility index (Phi) is 2.47. The summed E-state index contributed by atoms with van der Waals surface area (Å²) in [6.45, 7) is 4.17. The molecule has 1 heteroatoms. The molecule has 58 valence electrons. The summed E-state index contributed by atoms with van der Waals surface area (Å²) >= 11 is 0. The smallest absolute Gasteiger partial charge is 0.135 e. The van der Waals surface area contributed by atoms with Gasteiger partial charge in [0.05, 0.1) is 0 Å². The van der Waals surface area contributed by atoms with Gasteiger partial charge in [-0.1, -0.05) is 20.3 Å². The average molecular weight is 140 g/mol. The van der Waals surface area contributed by atoms with E-state index >= 15 is 0 Å². The zero-order chi connectivity index (χ0) is 7.56. The van der Waals surface area contributed by atoms with Crippen molar-refractivity contribution in [3.8, 4) is 0 Å². The summed E-state index contributed by atoms with van der Waals surface area (Å²) in [4.78, 5) is 11.2. The third-order valence-corrected chi connectivity index (χ3v) is 2.62. The number of carbonyl (C=O) groups is 1. The van der Waals surface area contributed by atoms with Gasteiger partial charge in [-0.3, -0.25) is 4.79 Å². The molecule has 1 fully saturated rings. The molecule has 0 N–H and O–H groups in total. The monoisotopic (exact) mass is 140 g/mol. The summed E-state index contributed by atoms with van der Waals surface area (Å²) in [7, 11) is 0. The van der Waals surface area contributed by atoms with E-state index in [1.807, 2.05) is 6.92 Å². The molecule has 2 unspecified atom stereocenters. The van der Waals surface area contributed by atoms with E-state index in [1.54, 1.807) is 0 Å². The molecule has 0 radical (unpaired) electrons. The molecule has 0 aromatic carbocycles. The maximum atomic E-state index is 11.2. The van der Waals surface area contributed by atoms with Crippen LogP contribution in [0.15, 0.2) is 0 Å². The van der Waals surface area contributed by atoms with Gasteiger partial charge in [-0.05, 0) is 18.8 Å². The second-order valence-electron chi connectivity index (χ2n) is 3.33. The lowest BCUT2D eigenvalue weighted by atomic mass is 9.92. The predicted octanol–water partition coefficient (Wildman–Crippen LogP) is 2.40. The minimum absolute atomic E-state index is 0.407. The number of rotatable bonds is 2. The first-order chi connectivity index (χ1) is 4.75. The van der Waals surface area contributed by atoms with Crippen LogP contribution in [-0.4, -0.2) is 5.78 Å². The quantitative estimate of drug-likeness (QED) is 0.575. The molecular weight excluding hydrogens is 124 g/mol. The van der Waals surface area contributed by atoms with Gasteiger partial charge in [-0.2, -0.15) is 0 Å². The molecular formula is C9H16O. The lowest BCUT2D eigenvalue weighted by molar-refractivity contribution is -0.123. The first kappa shape index (κ1) is 7.77. The summed E-state index contributed by atoms with van der Waals surface area (Å²) in [5.74, 6) is 1.54. The molecule has 0 aliphatic heterocycles. The Morgan fingerprint density at radius 2 is 2.20 bits per heavy atom. The van der Waals surface area contributed by atoms with Gasteiger partial charge in [0, 0.05) is 12.3 Å². The van der Waals surface area contributed by atoms with E-state index in [9.17, 15) is 4.79 Å². The van der Waals surface area contributed by atoms with E-state index in [0.29, 0.717) is 17.6 Å². The van der Waals surface area contributed by atoms with Gasteiger partial charge in [-0.25, -0.2) is 0 Å². The van der Waals surface area contributed by atoms with Gasteiger partial charge in [0.1, 0.15) is 5.78 Å². The molecule has 10 heavy (non-hydrogen) atoms. The summed E-state index contributed by atoms with van der Waals surface area (Å²) in [6, 6.07) is 0. The maximum Gasteiger partial charge on any atom is 0.135 e. The fourth-order valence-electron chi connectivity index (χ4n) is 1.89. The van der Waals surface area contributed by atoms with E-state index in [4.69, 9.17) is 0 Å². The zero-order valence-electron chi connectivity index (χ0n) is 6.89. The first-order valence-electron chi connectivity index (χ1n) is 4.28. The minimum Gasteiger partial charge on any atom is -0.299 e. The SMILES string of the molecule is CCC(=O)C1CCCC1C. The van der Waals surface area contributed by atoms with Crippen molar-refractivity contribution in [2.24, 2.45) is 11.8 Å². The van der Waals surface area contributed by atoms with E-state index in [0.717, 1.165) is 12.8 Å². The first-order valence-corrected chi connectivity index (χ1v) is 4.28. The highest BCUT2D eigenvalue weighted by molar-refractivity contribution is 5.81. The van der Waals surface area contributed by atoms with E-state index in [1.165, 1.54) is 12.8 Å². The van der Waals surface area contributed by atoms with Crippen molar-refractivity contribution in [1.29, 1.82) is 0 Å². The summed E-state index contributed by atoms with van der Waals surface area (Å²) < 4.78 is 0. The Bertz CT molecular complexity index is 129. The van der Waals surface area contributed by atoms with Gasteiger partial charge in [0.15, 0.2) is 0 Å². The number of Topliss-reactive ketones (excluding diaryl/α,β-unsaturated/α-hetero) is 1. The van der Waals surface area contributed by atoms with Crippen molar-refractivity contribution in [3.05, 3.63) is 0 Å². The highest BCUT2D eigenvalue weighted by atomic mass is 16.1. The Labute approximate surface area is 62.8 Å². The van der Waals surface area contributed by atoms with Crippen LogP contribution in [0.3, 0.4) is 0 Å². The fraction of sp³-hybridized carbons (Fsp3) is 0.889. The zero-order valence-corrected chi connectivity index (χ0v) is 6.89. The van der Waals surface area contributed by atoms with Crippen molar-refractivity contribution in [3.63, 3.8) is 0 Å². The number of ketones is 1. The van der Waals surface area contributed by atoms with Gasteiger partial charge >= 0.3 is 0 Å².